The second-order valence-corrected chi connectivity index (χ2v) is 4.37. The van der Waals surface area contributed by atoms with E-state index in [0.717, 1.165) is 22.2 Å². The van der Waals surface area contributed by atoms with E-state index < -0.39 is 0 Å². The van der Waals surface area contributed by atoms with Gasteiger partial charge in [-0.25, -0.2) is 0 Å². The number of hydrogen-bond acceptors (Lipinski definition) is 2. The minimum atomic E-state index is 0.00403. The summed E-state index contributed by atoms with van der Waals surface area (Å²) in [5.74, 6) is 0.804. The van der Waals surface area contributed by atoms with Crippen LogP contribution in [0.3, 0.4) is 0 Å². The molecule has 1 aromatic rings. The average molecular weight is 263 g/mol. The van der Waals surface area contributed by atoms with Crippen molar-refractivity contribution in [3.05, 3.63) is 27.2 Å². The third-order valence-electron chi connectivity index (χ3n) is 2.11. The standard InChI is InChI=1S/C9H9BrClNO/c10-5-3-6(11)9-7(12)1-2-13-8(9)4-5/h3-4,7H,1-2,12H2/t7-/m1/s1. The molecule has 4 heteroatoms. The van der Waals surface area contributed by atoms with Gasteiger partial charge in [0, 0.05) is 22.5 Å². The van der Waals surface area contributed by atoms with Crippen molar-refractivity contribution in [1.82, 2.24) is 0 Å². The fraction of sp³-hybridized carbons (Fsp3) is 0.333. The fourth-order valence-corrected chi connectivity index (χ4v) is 2.40. The number of nitrogens with two attached hydrogens (primary N) is 1. The molecule has 0 unspecified atom stereocenters. The molecule has 1 aromatic carbocycles. The highest BCUT2D eigenvalue weighted by atomic mass is 79.9. The van der Waals surface area contributed by atoms with Gasteiger partial charge < -0.3 is 10.5 Å². The predicted octanol–water partition coefficient (Wildman–Crippen LogP) is 2.88. The van der Waals surface area contributed by atoms with E-state index in [1.807, 2.05) is 12.1 Å². The van der Waals surface area contributed by atoms with Gasteiger partial charge in [0.2, 0.25) is 0 Å². The molecule has 0 aromatic heterocycles. The van der Waals surface area contributed by atoms with E-state index in [4.69, 9.17) is 22.1 Å². The highest BCUT2D eigenvalue weighted by Gasteiger charge is 2.21. The first-order chi connectivity index (χ1) is 6.18. The Balaban J connectivity index is 2.56. The Bertz CT molecular complexity index is 343. The number of rotatable bonds is 0. The molecule has 0 fully saturated rings. The molecular weight excluding hydrogens is 253 g/mol. The molecule has 0 spiro atoms. The first kappa shape index (κ1) is 9.31. The second-order valence-electron chi connectivity index (χ2n) is 3.04. The van der Waals surface area contributed by atoms with E-state index in [-0.39, 0.29) is 6.04 Å². The molecule has 2 N–H and O–H groups in total. The van der Waals surface area contributed by atoms with Crippen LogP contribution in [0.5, 0.6) is 5.75 Å². The van der Waals surface area contributed by atoms with Crippen molar-refractivity contribution in [1.29, 1.82) is 0 Å². The van der Waals surface area contributed by atoms with Crippen molar-refractivity contribution in [2.75, 3.05) is 6.61 Å². The summed E-state index contributed by atoms with van der Waals surface area (Å²) in [5.41, 5.74) is 6.84. The van der Waals surface area contributed by atoms with Crippen LogP contribution in [0.1, 0.15) is 18.0 Å². The van der Waals surface area contributed by atoms with Gasteiger partial charge in [-0.05, 0) is 12.1 Å². The molecule has 0 aliphatic carbocycles. The summed E-state index contributed by atoms with van der Waals surface area (Å²) in [7, 11) is 0. The Morgan fingerprint density at radius 1 is 1.54 bits per heavy atom. The maximum atomic E-state index is 6.05. The first-order valence-corrected chi connectivity index (χ1v) is 5.23. The van der Waals surface area contributed by atoms with Crippen molar-refractivity contribution < 1.29 is 4.74 Å². The predicted molar refractivity (Wildman–Crippen MR) is 56.2 cm³/mol. The van der Waals surface area contributed by atoms with Gasteiger partial charge in [-0.2, -0.15) is 0 Å². The van der Waals surface area contributed by atoms with E-state index in [9.17, 15) is 0 Å². The van der Waals surface area contributed by atoms with Gasteiger partial charge in [0.1, 0.15) is 5.75 Å². The largest absolute Gasteiger partial charge is 0.493 e. The number of benzene rings is 1. The minimum absolute atomic E-state index is 0.00403. The van der Waals surface area contributed by atoms with E-state index in [1.54, 1.807) is 0 Å². The lowest BCUT2D eigenvalue weighted by molar-refractivity contribution is 0.269. The molecule has 2 rings (SSSR count). The highest BCUT2D eigenvalue weighted by molar-refractivity contribution is 9.10. The average Bonchev–Trinajstić information content (AvgIpc) is 2.02. The number of fused-ring (bicyclic) bond motifs is 1. The van der Waals surface area contributed by atoms with Gasteiger partial charge in [-0.15, -0.1) is 0 Å². The number of halogens is 2. The fourth-order valence-electron chi connectivity index (χ4n) is 1.48. The molecule has 0 radical (unpaired) electrons. The van der Waals surface area contributed by atoms with Gasteiger partial charge in [-0.3, -0.25) is 0 Å². The zero-order valence-corrected chi connectivity index (χ0v) is 9.23. The Morgan fingerprint density at radius 3 is 3.08 bits per heavy atom. The smallest absolute Gasteiger partial charge is 0.126 e. The summed E-state index contributed by atoms with van der Waals surface area (Å²) < 4.78 is 6.38. The topological polar surface area (TPSA) is 35.2 Å². The van der Waals surface area contributed by atoms with Crippen LogP contribution in [0.2, 0.25) is 5.02 Å². The van der Waals surface area contributed by atoms with E-state index in [0.29, 0.717) is 11.6 Å². The molecule has 0 amide bonds. The molecular formula is C9H9BrClNO. The molecule has 0 saturated heterocycles. The highest BCUT2D eigenvalue weighted by Crippen LogP contribution is 2.38. The summed E-state index contributed by atoms with van der Waals surface area (Å²) in [5, 5.41) is 0.677. The molecule has 1 aliphatic heterocycles. The van der Waals surface area contributed by atoms with Crippen LogP contribution in [0.15, 0.2) is 16.6 Å². The lowest BCUT2D eigenvalue weighted by atomic mass is 10.0. The number of ether oxygens (including phenoxy) is 1. The molecule has 2 nitrogen and oxygen atoms in total. The molecule has 70 valence electrons. The van der Waals surface area contributed by atoms with Gasteiger partial charge in [0.25, 0.3) is 0 Å². The monoisotopic (exact) mass is 261 g/mol. The Hall–Kier alpha value is -0.250. The van der Waals surface area contributed by atoms with E-state index in [2.05, 4.69) is 15.9 Å². The van der Waals surface area contributed by atoms with Crippen molar-refractivity contribution in [2.45, 2.75) is 12.5 Å². The maximum Gasteiger partial charge on any atom is 0.126 e. The zero-order chi connectivity index (χ0) is 9.42. The van der Waals surface area contributed by atoms with Gasteiger partial charge in [0.15, 0.2) is 0 Å². The maximum absolute atomic E-state index is 6.05. The van der Waals surface area contributed by atoms with Crippen molar-refractivity contribution in [3.63, 3.8) is 0 Å². The summed E-state index contributed by atoms with van der Waals surface area (Å²) >= 11 is 9.41. The quantitative estimate of drug-likeness (QED) is 0.780. The lowest BCUT2D eigenvalue weighted by Crippen LogP contribution is -2.20. The van der Waals surface area contributed by atoms with Crippen LogP contribution in [-0.2, 0) is 0 Å². The van der Waals surface area contributed by atoms with Gasteiger partial charge in [-0.1, -0.05) is 27.5 Å². The van der Waals surface area contributed by atoms with E-state index >= 15 is 0 Å². The number of hydrogen-bond donors (Lipinski definition) is 1. The Kier molecular flexibility index (Phi) is 2.49. The van der Waals surface area contributed by atoms with Gasteiger partial charge >= 0.3 is 0 Å². The zero-order valence-electron chi connectivity index (χ0n) is 6.89. The Morgan fingerprint density at radius 2 is 2.31 bits per heavy atom. The summed E-state index contributed by atoms with van der Waals surface area (Å²) in [4.78, 5) is 0. The second kappa shape index (κ2) is 3.48. The van der Waals surface area contributed by atoms with Crippen LogP contribution in [-0.4, -0.2) is 6.61 Å². The van der Waals surface area contributed by atoms with Gasteiger partial charge in [0.05, 0.1) is 11.6 Å². The van der Waals surface area contributed by atoms with Crippen LogP contribution in [0, 0.1) is 0 Å². The molecule has 1 aliphatic rings. The van der Waals surface area contributed by atoms with Crippen molar-refractivity contribution in [3.8, 4) is 5.75 Å². The lowest BCUT2D eigenvalue weighted by Gasteiger charge is -2.24. The van der Waals surface area contributed by atoms with Crippen molar-refractivity contribution in [2.24, 2.45) is 5.73 Å². The molecule has 0 bridgehead atoms. The third kappa shape index (κ3) is 1.68. The van der Waals surface area contributed by atoms with Crippen LogP contribution >= 0.6 is 27.5 Å². The molecule has 1 atom stereocenters. The third-order valence-corrected chi connectivity index (χ3v) is 2.88. The van der Waals surface area contributed by atoms with Crippen LogP contribution in [0.4, 0.5) is 0 Å². The summed E-state index contributed by atoms with van der Waals surface area (Å²) in [6.07, 6.45) is 0.828. The normalized spacial score (nSPS) is 20.7. The molecule has 1 heterocycles. The summed E-state index contributed by atoms with van der Waals surface area (Å²) in [6, 6.07) is 3.75. The summed E-state index contributed by atoms with van der Waals surface area (Å²) in [6.45, 7) is 0.668. The molecule has 13 heavy (non-hydrogen) atoms. The first-order valence-electron chi connectivity index (χ1n) is 4.06. The molecule has 0 saturated carbocycles. The minimum Gasteiger partial charge on any atom is -0.493 e. The van der Waals surface area contributed by atoms with E-state index in [1.165, 1.54) is 0 Å². The Labute approximate surface area is 90.1 Å². The van der Waals surface area contributed by atoms with Crippen molar-refractivity contribution >= 4 is 27.5 Å². The van der Waals surface area contributed by atoms with Crippen LogP contribution in [0.25, 0.3) is 0 Å². The SMILES string of the molecule is N[C@@H]1CCOc2cc(Br)cc(Cl)c21. The van der Waals surface area contributed by atoms with Crippen LogP contribution < -0.4 is 10.5 Å².